The van der Waals surface area contributed by atoms with E-state index in [1.807, 2.05) is 13.1 Å². The van der Waals surface area contributed by atoms with Crippen LogP contribution in [-0.4, -0.2) is 42.0 Å². The van der Waals surface area contributed by atoms with E-state index in [0.29, 0.717) is 26.2 Å². The van der Waals surface area contributed by atoms with Crippen LogP contribution in [0.4, 0.5) is 0 Å². The fourth-order valence-corrected chi connectivity index (χ4v) is 1.20. The molecule has 0 saturated carbocycles. The first kappa shape index (κ1) is 12.7. The third-order valence-electron chi connectivity index (χ3n) is 1.92. The quantitative estimate of drug-likeness (QED) is 0.601. The highest BCUT2D eigenvalue weighted by Crippen LogP contribution is 1.92. The summed E-state index contributed by atoms with van der Waals surface area (Å²) in [6.07, 6.45) is 3.71. The molecule has 1 heterocycles. The fourth-order valence-electron chi connectivity index (χ4n) is 1.20. The van der Waals surface area contributed by atoms with Gasteiger partial charge in [-0.1, -0.05) is 0 Å². The van der Waals surface area contributed by atoms with Crippen LogP contribution >= 0.6 is 0 Å². The molecule has 0 unspecified atom stereocenters. The highest BCUT2D eigenvalue weighted by Gasteiger charge is 2.00. The maximum Gasteiger partial charge on any atom is 0.246 e. The second kappa shape index (κ2) is 6.97. The minimum Gasteiger partial charge on any atom is -0.370 e. The lowest BCUT2D eigenvalue weighted by molar-refractivity contribution is -0.125. The molecule has 0 radical (unpaired) electrons. The molecule has 0 aliphatic carbocycles. The zero-order valence-electron chi connectivity index (χ0n) is 9.48. The van der Waals surface area contributed by atoms with E-state index in [9.17, 15) is 4.79 Å². The number of amides is 1. The first-order valence-electron chi connectivity index (χ1n) is 5.26. The molecule has 0 atom stereocenters. The van der Waals surface area contributed by atoms with Gasteiger partial charge >= 0.3 is 0 Å². The highest BCUT2D eigenvalue weighted by molar-refractivity contribution is 5.77. The first-order valence-corrected chi connectivity index (χ1v) is 5.26. The monoisotopic (exact) mass is 226 g/mol. The van der Waals surface area contributed by atoms with Gasteiger partial charge in [-0.05, 0) is 12.5 Å². The second-order valence-corrected chi connectivity index (χ2v) is 3.47. The van der Waals surface area contributed by atoms with Gasteiger partial charge in [0.05, 0.1) is 19.3 Å². The van der Waals surface area contributed by atoms with Crippen LogP contribution in [0.1, 0.15) is 5.56 Å². The van der Waals surface area contributed by atoms with Gasteiger partial charge in [0.25, 0.3) is 0 Å². The van der Waals surface area contributed by atoms with Crippen LogP contribution in [0.5, 0.6) is 0 Å². The Kier molecular flexibility index (Phi) is 5.52. The van der Waals surface area contributed by atoms with Crippen molar-refractivity contribution in [3.63, 3.8) is 0 Å². The van der Waals surface area contributed by atoms with Crippen LogP contribution in [0.25, 0.3) is 0 Å². The average Bonchev–Trinajstić information content (AvgIpc) is 2.65. The molecule has 1 aromatic heterocycles. The second-order valence-electron chi connectivity index (χ2n) is 3.47. The lowest BCUT2D eigenvalue weighted by Gasteiger charge is -2.05. The lowest BCUT2D eigenvalue weighted by Crippen LogP contribution is -2.31. The molecule has 16 heavy (non-hydrogen) atoms. The molecule has 0 aliphatic heterocycles. The van der Waals surface area contributed by atoms with Gasteiger partial charge in [-0.3, -0.25) is 9.48 Å². The van der Waals surface area contributed by atoms with Crippen LogP contribution < -0.4 is 11.1 Å². The SMILES string of the molecule is Cc1cnn(CCNC(=O)COCCN)c1. The summed E-state index contributed by atoms with van der Waals surface area (Å²) in [6.45, 7) is 4.09. The highest BCUT2D eigenvalue weighted by atomic mass is 16.5. The number of rotatable bonds is 7. The molecule has 3 N–H and O–H groups in total. The standard InChI is InChI=1S/C10H18N4O2/c1-9-6-13-14(7-9)4-3-12-10(15)8-16-5-2-11/h6-7H,2-5,8,11H2,1H3,(H,12,15). The van der Waals surface area contributed by atoms with E-state index in [0.717, 1.165) is 5.56 Å². The number of nitrogens with one attached hydrogen (secondary N) is 1. The molecule has 6 nitrogen and oxygen atoms in total. The van der Waals surface area contributed by atoms with Crippen LogP contribution in [0.15, 0.2) is 12.4 Å². The molecule has 0 fully saturated rings. The van der Waals surface area contributed by atoms with Crippen LogP contribution in [0, 0.1) is 6.92 Å². The molecule has 0 saturated heterocycles. The minimum atomic E-state index is -0.127. The third-order valence-corrected chi connectivity index (χ3v) is 1.92. The van der Waals surface area contributed by atoms with E-state index in [1.165, 1.54) is 0 Å². The van der Waals surface area contributed by atoms with Gasteiger partial charge in [-0.2, -0.15) is 5.10 Å². The van der Waals surface area contributed by atoms with Crippen molar-refractivity contribution >= 4 is 5.91 Å². The Hall–Kier alpha value is -1.40. The number of carbonyl (C=O) groups is 1. The summed E-state index contributed by atoms with van der Waals surface area (Å²) in [6, 6.07) is 0. The topological polar surface area (TPSA) is 82.2 Å². The van der Waals surface area contributed by atoms with E-state index in [4.69, 9.17) is 10.5 Å². The van der Waals surface area contributed by atoms with Gasteiger partial charge in [0, 0.05) is 19.3 Å². The summed E-state index contributed by atoms with van der Waals surface area (Å²) in [5.74, 6) is -0.127. The summed E-state index contributed by atoms with van der Waals surface area (Å²) < 4.78 is 6.78. The molecule has 6 heteroatoms. The molecule has 1 aromatic rings. The Morgan fingerprint density at radius 1 is 1.69 bits per heavy atom. The Morgan fingerprint density at radius 3 is 3.12 bits per heavy atom. The maximum atomic E-state index is 11.2. The van der Waals surface area contributed by atoms with Gasteiger partial charge < -0.3 is 15.8 Å². The van der Waals surface area contributed by atoms with E-state index in [-0.39, 0.29) is 12.5 Å². The van der Waals surface area contributed by atoms with Crippen molar-refractivity contribution in [2.24, 2.45) is 5.73 Å². The summed E-state index contributed by atoms with van der Waals surface area (Å²) in [5.41, 5.74) is 6.33. The number of nitrogens with two attached hydrogens (primary N) is 1. The van der Waals surface area contributed by atoms with Crippen molar-refractivity contribution in [1.29, 1.82) is 0 Å². The van der Waals surface area contributed by atoms with Crippen molar-refractivity contribution in [2.45, 2.75) is 13.5 Å². The molecule has 1 rings (SSSR count). The lowest BCUT2D eigenvalue weighted by atomic mass is 10.4. The molecule has 0 bridgehead atoms. The molecule has 0 aliphatic rings. The average molecular weight is 226 g/mol. The van der Waals surface area contributed by atoms with Crippen molar-refractivity contribution in [3.05, 3.63) is 18.0 Å². The normalized spacial score (nSPS) is 10.4. The van der Waals surface area contributed by atoms with Gasteiger partial charge in [-0.25, -0.2) is 0 Å². The Balaban J connectivity index is 2.08. The maximum absolute atomic E-state index is 11.2. The fraction of sp³-hybridized carbons (Fsp3) is 0.600. The number of nitrogens with zero attached hydrogens (tertiary/aromatic N) is 2. The van der Waals surface area contributed by atoms with Gasteiger partial charge in [0.15, 0.2) is 0 Å². The number of hydrogen-bond acceptors (Lipinski definition) is 4. The zero-order chi connectivity index (χ0) is 11.8. The van der Waals surface area contributed by atoms with Crippen LogP contribution in [0.2, 0.25) is 0 Å². The van der Waals surface area contributed by atoms with Crippen molar-refractivity contribution in [1.82, 2.24) is 15.1 Å². The molecule has 1 amide bonds. The van der Waals surface area contributed by atoms with E-state index < -0.39 is 0 Å². The van der Waals surface area contributed by atoms with Crippen molar-refractivity contribution in [3.8, 4) is 0 Å². The first-order chi connectivity index (χ1) is 7.72. The largest absolute Gasteiger partial charge is 0.370 e. The third kappa shape index (κ3) is 4.90. The van der Waals surface area contributed by atoms with Gasteiger partial charge in [-0.15, -0.1) is 0 Å². The summed E-state index contributed by atoms with van der Waals surface area (Å²) in [4.78, 5) is 11.2. The predicted octanol–water partition coefficient (Wildman–Crippen LogP) is -0.717. The molecular formula is C10H18N4O2. The van der Waals surface area contributed by atoms with Crippen molar-refractivity contribution in [2.75, 3.05) is 26.3 Å². The predicted molar refractivity (Wildman–Crippen MR) is 59.8 cm³/mol. The number of aryl methyl sites for hydroxylation is 1. The van der Waals surface area contributed by atoms with E-state index in [2.05, 4.69) is 10.4 Å². The summed E-state index contributed by atoms with van der Waals surface area (Å²) in [7, 11) is 0. The molecule has 90 valence electrons. The molecule has 0 aromatic carbocycles. The van der Waals surface area contributed by atoms with E-state index in [1.54, 1.807) is 10.9 Å². The number of carbonyl (C=O) groups excluding carboxylic acids is 1. The number of ether oxygens (including phenoxy) is 1. The minimum absolute atomic E-state index is 0.0648. The van der Waals surface area contributed by atoms with Crippen LogP contribution in [0.3, 0.4) is 0 Å². The van der Waals surface area contributed by atoms with Crippen LogP contribution in [-0.2, 0) is 16.1 Å². The zero-order valence-corrected chi connectivity index (χ0v) is 9.48. The smallest absolute Gasteiger partial charge is 0.246 e. The van der Waals surface area contributed by atoms with Gasteiger partial charge in [0.2, 0.25) is 5.91 Å². The number of hydrogen-bond donors (Lipinski definition) is 2. The van der Waals surface area contributed by atoms with Crippen molar-refractivity contribution < 1.29 is 9.53 Å². The Bertz CT molecular complexity index is 324. The Morgan fingerprint density at radius 2 is 2.50 bits per heavy atom. The van der Waals surface area contributed by atoms with E-state index >= 15 is 0 Å². The Labute approximate surface area is 94.8 Å². The molecule has 0 spiro atoms. The number of aromatic nitrogens is 2. The summed E-state index contributed by atoms with van der Waals surface area (Å²) in [5, 5.41) is 6.84. The van der Waals surface area contributed by atoms with Gasteiger partial charge in [0.1, 0.15) is 6.61 Å². The summed E-state index contributed by atoms with van der Waals surface area (Å²) >= 11 is 0. The molecular weight excluding hydrogens is 208 g/mol.